The third kappa shape index (κ3) is 3.44. The Morgan fingerprint density at radius 2 is 1.34 bits per heavy atom. The smallest absolute Gasteiger partial charge is 0.213 e. The zero-order chi connectivity index (χ0) is 18.9. The fourth-order valence-electron chi connectivity index (χ4n) is 4.57. The maximum atomic E-state index is 3.97. The summed E-state index contributed by atoms with van der Waals surface area (Å²) in [6.07, 6.45) is 4.58. The van der Waals surface area contributed by atoms with Crippen molar-refractivity contribution in [3.05, 3.63) is 85.5 Å². The number of rotatable bonds is 4. The normalized spacial score (nSPS) is 13.6. The van der Waals surface area contributed by atoms with Gasteiger partial charge in [0.1, 0.15) is 0 Å². The van der Waals surface area contributed by atoms with Crippen LogP contribution in [0.1, 0.15) is 12.8 Å². The van der Waals surface area contributed by atoms with Crippen LogP contribution in [-0.4, -0.2) is 13.1 Å². The molecular formula is C26H25BrN2. The Kier molecular flexibility index (Phi) is 5.68. The van der Waals surface area contributed by atoms with Crippen LogP contribution in [0.4, 0.5) is 5.69 Å². The number of pyridine rings is 1. The second-order valence-corrected chi connectivity index (χ2v) is 7.55. The van der Waals surface area contributed by atoms with Crippen molar-refractivity contribution in [2.75, 3.05) is 18.0 Å². The van der Waals surface area contributed by atoms with E-state index in [4.69, 9.17) is 0 Å². The Morgan fingerprint density at radius 3 is 1.90 bits per heavy atom. The van der Waals surface area contributed by atoms with E-state index in [-0.39, 0.29) is 17.0 Å². The summed E-state index contributed by atoms with van der Waals surface area (Å²) >= 11 is 0. The summed E-state index contributed by atoms with van der Waals surface area (Å²) in [5, 5.41) is 2.58. The predicted molar refractivity (Wildman–Crippen MR) is 119 cm³/mol. The van der Waals surface area contributed by atoms with Crippen LogP contribution in [-0.2, 0) is 6.54 Å². The first-order valence-electron chi connectivity index (χ1n) is 10.2. The summed E-state index contributed by atoms with van der Waals surface area (Å²) in [6, 6.07) is 26.6. The molecule has 146 valence electrons. The van der Waals surface area contributed by atoms with Crippen LogP contribution in [0.25, 0.3) is 32.9 Å². The van der Waals surface area contributed by atoms with Gasteiger partial charge < -0.3 is 21.9 Å². The molecule has 2 heterocycles. The molecular weight excluding hydrogens is 420 g/mol. The lowest BCUT2D eigenvalue weighted by Gasteiger charge is -2.18. The van der Waals surface area contributed by atoms with Gasteiger partial charge in [-0.25, -0.2) is 0 Å². The third-order valence-electron chi connectivity index (χ3n) is 5.87. The molecule has 0 spiro atoms. The molecule has 0 saturated carbocycles. The highest BCUT2D eigenvalue weighted by Crippen LogP contribution is 2.35. The lowest BCUT2D eigenvalue weighted by Crippen LogP contribution is -3.00. The zero-order valence-electron chi connectivity index (χ0n) is 16.5. The molecule has 1 saturated heterocycles. The van der Waals surface area contributed by atoms with E-state index in [1.54, 1.807) is 0 Å². The molecule has 0 bridgehead atoms. The molecule has 1 fully saturated rings. The van der Waals surface area contributed by atoms with Crippen LogP contribution >= 0.6 is 0 Å². The largest absolute Gasteiger partial charge is 1.00 e. The van der Waals surface area contributed by atoms with Crippen LogP contribution in [0.2, 0.25) is 0 Å². The van der Waals surface area contributed by atoms with Gasteiger partial charge in [0.05, 0.1) is 10.8 Å². The first-order chi connectivity index (χ1) is 13.9. The second-order valence-electron chi connectivity index (χ2n) is 7.55. The van der Waals surface area contributed by atoms with Gasteiger partial charge in [0.15, 0.2) is 6.54 Å². The number of nitrogens with zero attached hydrogens (tertiary/aromatic N) is 2. The average molecular weight is 445 g/mol. The molecule has 2 nitrogen and oxygen atoms in total. The minimum absolute atomic E-state index is 0. The molecule has 0 unspecified atom stereocenters. The van der Waals surface area contributed by atoms with E-state index in [9.17, 15) is 0 Å². The number of anilines is 1. The Morgan fingerprint density at radius 1 is 0.793 bits per heavy atom. The summed E-state index contributed by atoms with van der Waals surface area (Å²) in [5.74, 6) is 0. The molecule has 0 amide bonds. The number of aromatic nitrogens is 1. The van der Waals surface area contributed by atoms with Gasteiger partial charge >= 0.3 is 0 Å². The molecule has 4 aromatic rings. The minimum Gasteiger partial charge on any atom is -1.00 e. The van der Waals surface area contributed by atoms with E-state index in [2.05, 4.69) is 88.8 Å². The van der Waals surface area contributed by atoms with Gasteiger partial charge in [0.25, 0.3) is 0 Å². The summed E-state index contributed by atoms with van der Waals surface area (Å²) in [7, 11) is 0. The van der Waals surface area contributed by atoms with E-state index in [1.165, 1.54) is 64.6 Å². The number of halogens is 1. The Bertz CT molecular complexity index is 1100. The molecule has 1 aromatic heterocycles. The van der Waals surface area contributed by atoms with Gasteiger partial charge in [-0.3, -0.25) is 0 Å². The first kappa shape index (κ1) is 19.7. The number of allylic oxidation sites excluding steroid dienone is 1. The van der Waals surface area contributed by atoms with E-state index < -0.39 is 0 Å². The highest BCUT2D eigenvalue weighted by Gasteiger charge is 2.20. The molecule has 0 radical (unpaired) electrons. The number of fused-ring (bicyclic) bond motifs is 2. The van der Waals surface area contributed by atoms with E-state index >= 15 is 0 Å². The van der Waals surface area contributed by atoms with Crippen molar-refractivity contribution in [2.24, 2.45) is 0 Å². The molecule has 0 atom stereocenters. The zero-order valence-corrected chi connectivity index (χ0v) is 18.1. The summed E-state index contributed by atoms with van der Waals surface area (Å²) in [4.78, 5) is 2.49. The summed E-state index contributed by atoms with van der Waals surface area (Å²) in [5.41, 5.74) is 6.44. The second kappa shape index (κ2) is 8.38. The quantitative estimate of drug-likeness (QED) is 0.266. The van der Waals surface area contributed by atoms with Crippen molar-refractivity contribution in [3.8, 4) is 11.1 Å². The Hall–Kier alpha value is -2.65. The van der Waals surface area contributed by atoms with Crippen LogP contribution in [0.5, 0.6) is 0 Å². The summed E-state index contributed by atoms with van der Waals surface area (Å²) < 4.78 is 2.36. The molecule has 3 aromatic carbocycles. The van der Waals surface area contributed by atoms with Crippen LogP contribution < -0.4 is 26.4 Å². The minimum atomic E-state index is 0. The highest BCUT2D eigenvalue weighted by molar-refractivity contribution is 6.07. The topological polar surface area (TPSA) is 7.12 Å². The fourth-order valence-corrected chi connectivity index (χ4v) is 4.57. The van der Waals surface area contributed by atoms with Gasteiger partial charge in [-0.05, 0) is 48.7 Å². The SMILES string of the molecule is C=CC[n+]1c2ccccc2c(-c2ccc(N3CCCC3)cc2)c2ccccc21.[Br-]. The maximum absolute atomic E-state index is 3.97. The van der Waals surface area contributed by atoms with Crippen molar-refractivity contribution >= 4 is 27.5 Å². The van der Waals surface area contributed by atoms with Crippen LogP contribution in [0.15, 0.2) is 85.5 Å². The lowest BCUT2D eigenvalue weighted by atomic mass is 9.95. The van der Waals surface area contributed by atoms with Gasteiger partial charge in [-0.1, -0.05) is 43.0 Å². The molecule has 3 heteroatoms. The van der Waals surface area contributed by atoms with Crippen molar-refractivity contribution in [1.29, 1.82) is 0 Å². The van der Waals surface area contributed by atoms with Crippen molar-refractivity contribution in [3.63, 3.8) is 0 Å². The Balaban J connectivity index is 0.00000205. The number of para-hydroxylation sites is 2. The van der Waals surface area contributed by atoms with Gasteiger partial charge in [-0.2, -0.15) is 4.57 Å². The number of hydrogen-bond acceptors (Lipinski definition) is 1. The van der Waals surface area contributed by atoms with Crippen LogP contribution in [0.3, 0.4) is 0 Å². The van der Waals surface area contributed by atoms with Gasteiger partial charge in [0.2, 0.25) is 11.0 Å². The lowest BCUT2D eigenvalue weighted by molar-refractivity contribution is -0.634. The van der Waals surface area contributed by atoms with Gasteiger partial charge in [-0.15, -0.1) is 0 Å². The fraction of sp³-hybridized carbons (Fsp3) is 0.192. The Labute approximate surface area is 182 Å². The third-order valence-corrected chi connectivity index (χ3v) is 5.87. The molecule has 1 aliphatic rings. The van der Waals surface area contributed by atoms with Crippen LogP contribution in [0, 0.1) is 0 Å². The van der Waals surface area contributed by atoms with E-state index in [0.29, 0.717) is 0 Å². The highest BCUT2D eigenvalue weighted by atomic mass is 79.9. The molecule has 29 heavy (non-hydrogen) atoms. The average Bonchev–Trinajstić information content (AvgIpc) is 3.29. The molecule has 1 aliphatic heterocycles. The first-order valence-corrected chi connectivity index (χ1v) is 10.2. The molecule has 5 rings (SSSR count). The molecule has 0 aliphatic carbocycles. The van der Waals surface area contributed by atoms with E-state index in [1.807, 2.05) is 6.08 Å². The molecule has 0 N–H and O–H groups in total. The standard InChI is InChI=1S/C26H25N2.BrH/c1-2-17-28-24-11-5-3-9-22(24)26(23-10-4-6-12-25(23)28)20-13-15-21(16-14-20)27-18-7-8-19-27;/h2-6,9-16H,1,7-8,17-19H2;1H/q+1;/p-1. The summed E-state index contributed by atoms with van der Waals surface area (Å²) in [6.45, 7) is 7.13. The van der Waals surface area contributed by atoms with Crippen molar-refractivity contribution in [2.45, 2.75) is 19.4 Å². The van der Waals surface area contributed by atoms with E-state index in [0.717, 1.165) is 6.54 Å². The maximum Gasteiger partial charge on any atom is 0.213 e. The monoisotopic (exact) mass is 444 g/mol. The number of benzene rings is 3. The predicted octanol–water partition coefficient (Wildman–Crippen LogP) is 2.74. The van der Waals surface area contributed by atoms with Gasteiger partial charge in [0, 0.05) is 36.5 Å². The number of hydrogen-bond donors (Lipinski definition) is 0. The van der Waals surface area contributed by atoms with Crippen molar-refractivity contribution in [1.82, 2.24) is 0 Å². The van der Waals surface area contributed by atoms with Crippen molar-refractivity contribution < 1.29 is 21.5 Å².